The fourth-order valence-electron chi connectivity index (χ4n) is 9.58. The topological polar surface area (TPSA) is 71.3 Å². The van der Waals surface area contributed by atoms with Crippen molar-refractivity contribution in [2.75, 3.05) is 0 Å². The first-order valence-corrected chi connectivity index (χ1v) is 20.1. The molecule has 0 aliphatic rings. The van der Waals surface area contributed by atoms with Crippen LogP contribution in [-0.2, 0) is 26.2 Å². The van der Waals surface area contributed by atoms with Gasteiger partial charge in [-0.1, -0.05) is 48.5 Å². The minimum Gasteiger partial charge on any atom is -0.326 e. The molecule has 0 aliphatic heterocycles. The lowest BCUT2D eigenvalue weighted by Crippen LogP contribution is -2.15. The average Bonchev–Trinajstić information content (AvgIpc) is 4.05. The summed E-state index contributed by atoms with van der Waals surface area (Å²) in [6.07, 6.45) is 7.98. The molecule has 286 valence electrons. The van der Waals surface area contributed by atoms with Gasteiger partial charge in [0.25, 0.3) is 0 Å². The Morgan fingerprint density at radius 3 is 0.776 bits per heavy atom. The Bertz CT molecular complexity index is 2780. The molecular formula is C50H46N8. The van der Waals surface area contributed by atoms with Gasteiger partial charge in [0.2, 0.25) is 0 Å². The minimum absolute atomic E-state index is 0.717. The Morgan fingerprint density at radius 1 is 0.310 bits per heavy atom. The normalized spacial score (nSPS) is 11.9. The summed E-state index contributed by atoms with van der Waals surface area (Å²) >= 11 is 0. The van der Waals surface area contributed by atoms with Crippen LogP contribution in [-0.4, -0.2) is 38.2 Å². The maximum Gasteiger partial charge on any atom is 0.0961 e. The Kier molecular flexibility index (Phi) is 8.59. The van der Waals surface area contributed by atoms with Crippen LogP contribution in [0, 0.1) is 41.5 Å². The molecule has 0 atom stereocenters. The van der Waals surface area contributed by atoms with E-state index in [9.17, 15) is 0 Å². The Hall–Kier alpha value is -6.80. The second kappa shape index (κ2) is 14.0. The number of fused-ring (bicyclic) bond motifs is 4. The molecule has 0 saturated carbocycles. The number of hydrogen-bond acceptors (Lipinski definition) is 4. The lowest BCUT2D eigenvalue weighted by atomic mass is 9.78. The highest BCUT2D eigenvalue weighted by Crippen LogP contribution is 2.43. The van der Waals surface area contributed by atoms with Gasteiger partial charge in [0, 0.05) is 26.2 Å². The van der Waals surface area contributed by atoms with E-state index in [0.29, 0.717) is 0 Å². The number of rotatable bonds is 9. The van der Waals surface area contributed by atoms with Gasteiger partial charge in [0.15, 0.2) is 0 Å². The first-order valence-electron chi connectivity index (χ1n) is 20.1. The molecular weight excluding hydrogens is 713 g/mol. The van der Waals surface area contributed by atoms with Crippen molar-refractivity contribution in [2.24, 2.45) is 0 Å². The quantitative estimate of drug-likeness (QED) is 0.147. The van der Waals surface area contributed by atoms with E-state index in [1.54, 1.807) is 0 Å². The molecule has 58 heavy (non-hydrogen) atoms. The fraction of sp³-hybridized carbons (Fsp3) is 0.200. The third-order valence-electron chi connectivity index (χ3n) is 12.8. The van der Waals surface area contributed by atoms with Crippen molar-refractivity contribution in [1.82, 2.24) is 38.2 Å². The van der Waals surface area contributed by atoms with Crippen LogP contribution in [0.1, 0.15) is 55.6 Å². The van der Waals surface area contributed by atoms with E-state index in [-0.39, 0.29) is 0 Å². The van der Waals surface area contributed by atoms with Crippen molar-refractivity contribution >= 4 is 44.1 Å². The van der Waals surface area contributed by atoms with Crippen molar-refractivity contribution in [3.8, 4) is 11.1 Å². The van der Waals surface area contributed by atoms with Gasteiger partial charge in [-0.05, 0) is 157 Å². The lowest BCUT2D eigenvalue weighted by molar-refractivity contribution is 0.780. The Balaban J connectivity index is 1.23. The van der Waals surface area contributed by atoms with E-state index in [4.69, 9.17) is 19.9 Å². The molecule has 0 aliphatic carbocycles. The van der Waals surface area contributed by atoms with Gasteiger partial charge >= 0.3 is 0 Å². The van der Waals surface area contributed by atoms with Gasteiger partial charge in [0.05, 0.1) is 69.4 Å². The second-order valence-electron chi connectivity index (χ2n) is 15.9. The zero-order valence-electron chi connectivity index (χ0n) is 34.0. The monoisotopic (exact) mass is 758 g/mol. The van der Waals surface area contributed by atoms with Gasteiger partial charge < -0.3 is 18.3 Å². The summed E-state index contributed by atoms with van der Waals surface area (Å²) in [5.74, 6) is 0. The van der Waals surface area contributed by atoms with E-state index in [1.807, 2.05) is 25.3 Å². The van der Waals surface area contributed by atoms with Crippen molar-refractivity contribution in [3.63, 3.8) is 0 Å². The third kappa shape index (κ3) is 5.73. The van der Waals surface area contributed by atoms with Crippen molar-refractivity contribution in [3.05, 3.63) is 178 Å². The minimum atomic E-state index is 0.717. The van der Waals surface area contributed by atoms with Crippen LogP contribution < -0.4 is 0 Å². The summed E-state index contributed by atoms with van der Waals surface area (Å²) in [6.45, 7) is 16.8. The molecule has 0 fully saturated rings. The van der Waals surface area contributed by atoms with E-state index in [0.717, 1.165) is 70.3 Å². The van der Waals surface area contributed by atoms with E-state index < -0.39 is 0 Å². The molecule has 10 rings (SSSR count). The van der Waals surface area contributed by atoms with Crippen LogP contribution in [0.15, 0.2) is 122 Å². The molecule has 0 unspecified atom stereocenters. The summed E-state index contributed by atoms with van der Waals surface area (Å²) in [4.78, 5) is 19.2. The summed E-state index contributed by atoms with van der Waals surface area (Å²) in [5, 5.41) is 0. The van der Waals surface area contributed by atoms with Crippen molar-refractivity contribution in [2.45, 2.75) is 67.7 Å². The maximum absolute atomic E-state index is 4.80. The van der Waals surface area contributed by atoms with Crippen LogP contribution in [0.4, 0.5) is 0 Å². The van der Waals surface area contributed by atoms with Crippen LogP contribution >= 0.6 is 0 Å². The zero-order valence-corrected chi connectivity index (χ0v) is 34.0. The maximum atomic E-state index is 4.80. The predicted molar refractivity (Wildman–Crippen MR) is 236 cm³/mol. The van der Waals surface area contributed by atoms with E-state index >= 15 is 0 Å². The summed E-state index contributed by atoms with van der Waals surface area (Å²) in [7, 11) is 0. The van der Waals surface area contributed by atoms with Crippen LogP contribution in [0.5, 0.6) is 0 Å². The van der Waals surface area contributed by atoms with Gasteiger partial charge in [-0.15, -0.1) is 0 Å². The average molecular weight is 759 g/mol. The molecule has 10 aromatic rings. The summed E-state index contributed by atoms with van der Waals surface area (Å²) in [6, 6.07) is 33.7. The summed E-state index contributed by atoms with van der Waals surface area (Å²) < 4.78 is 9.22. The number of imidazole rings is 4. The molecule has 0 spiro atoms. The molecule has 6 aromatic carbocycles. The number of aromatic nitrogens is 8. The number of nitrogens with zero attached hydrogens (tertiary/aromatic N) is 8. The first-order chi connectivity index (χ1) is 28.3. The smallest absolute Gasteiger partial charge is 0.0961 e. The molecule has 0 N–H and O–H groups in total. The molecule has 0 saturated heterocycles. The molecule has 4 aromatic heterocycles. The number of benzene rings is 6. The lowest BCUT2D eigenvalue weighted by Gasteiger charge is -2.29. The fourth-order valence-corrected chi connectivity index (χ4v) is 9.58. The second-order valence-corrected chi connectivity index (χ2v) is 15.9. The zero-order chi connectivity index (χ0) is 39.7. The summed E-state index contributed by atoms with van der Waals surface area (Å²) in [5.41, 5.74) is 24.4. The number of hydrogen-bond donors (Lipinski definition) is 0. The van der Waals surface area contributed by atoms with Crippen molar-refractivity contribution in [1.29, 1.82) is 0 Å². The van der Waals surface area contributed by atoms with Crippen LogP contribution in [0.25, 0.3) is 55.3 Å². The molecule has 8 heteroatoms. The highest BCUT2D eigenvalue weighted by Gasteiger charge is 2.26. The largest absolute Gasteiger partial charge is 0.326 e. The molecule has 0 radical (unpaired) electrons. The first kappa shape index (κ1) is 35.6. The Morgan fingerprint density at radius 2 is 0.534 bits per heavy atom. The van der Waals surface area contributed by atoms with Crippen LogP contribution in [0.2, 0.25) is 0 Å². The third-order valence-corrected chi connectivity index (χ3v) is 12.8. The highest BCUT2D eigenvalue weighted by molar-refractivity contribution is 5.84. The van der Waals surface area contributed by atoms with E-state index in [2.05, 4.69) is 157 Å². The Labute approximate surface area is 338 Å². The molecule has 0 amide bonds. The predicted octanol–water partition coefficient (Wildman–Crippen LogP) is 10.8. The van der Waals surface area contributed by atoms with Gasteiger partial charge in [-0.2, -0.15) is 0 Å². The van der Waals surface area contributed by atoms with Gasteiger partial charge in [-0.3, -0.25) is 0 Å². The molecule has 0 bridgehead atoms. The van der Waals surface area contributed by atoms with Crippen LogP contribution in [0.3, 0.4) is 0 Å². The SMILES string of the molecule is Cc1c(Cn2cnc3ccccc32)c(C)c(-c2c(C)c(Cn3cnc4ccccc43)c(C)c(Cn3cnc4ccccc43)c2C)c(C)c1Cn1cnc2ccccc21. The highest BCUT2D eigenvalue weighted by atomic mass is 15.1. The standard InChI is InChI=1S/C50H46N8/c1-31-37(23-55-27-51-41-15-7-11-19-45(41)55)33(3)49(34(4)38(31)24-56-28-52-42-16-8-12-20-46(42)56)50-35(5)39(25-57-29-53-43-17-9-13-21-47(43)57)32(2)40(36(50)6)26-58-30-54-44-18-10-14-22-48(44)58/h7-22,27-30H,23-26H2,1-6H3. The molecule has 8 nitrogen and oxygen atoms in total. The number of para-hydroxylation sites is 8. The van der Waals surface area contributed by atoms with Crippen molar-refractivity contribution < 1.29 is 0 Å². The van der Waals surface area contributed by atoms with E-state index in [1.165, 1.54) is 66.8 Å². The van der Waals surface area contributed by atoms with Gasteiger partial charge in [0.1, 0.15) is 0 Å². The molecule has 4 heterocycles. The van der Waals surface area contributed by atoms with Gasteiger partial charge in [-0.25, -0.2) is 19.9 Å².